The van der Waals surface area contributed by atoms with Crippen molar-refractivity contribution >= 4 is 33.6 Å². The fourth-order valence-corrected chi connectivity index (χ4v) is 3.22. The van der Waals surface area contributed by atoms with E-state index >= 15 is 0 Å². The lowest BCUT2D eigenvalue weighted by atomic mass is 10.2. The van der Waals surface area contributed by atoms with Crippen LogP contribution in [0.15, 0.2) is 17.6 Å². The second-order valence-electron chi connectivity index (χ2n) is 4.51. The molecule has 0 aromatic carbocycles. The Labute approximate surface area is 128 Å². The first kappa shape index (κ1) is 14.8. The molecule has 2 aromatic heterocycles. The number of aromatic nitrogens is 1. The fourth-order valence-electron chi connectivity index (χ4n) is 1.85. The van der Waals surface area contributed by atoms with E-state index in [0.717, 1.165) is 20.3 Å². The van der Waals surface area contributed by atoms with Gasteiger partial charge in [-0.1, -0.05) is 30.0 Å². The smallest absolute Gasteiger partial charge is 0.124 e. The third kappa shape index (κ3) is 3.11. The van der Waals surface area contributed by atoms with Gasteiger partial charge in [-0.05, 0) is 25.3 Å². The first-order chi connectivity index (χ1) is 9.65. The zero-order valence-corrected chi connectivity index (χ0v) is 13.1. The molecule has 0 bridgehead atoms. The number of thiophene rings is 1. The largest absolute Gasteiger partial charge is 0.356 e. The quantitative estimate of drug-likeness (QED) is 0.483. The summed E-state index contributed by atoms with van der Waals surface area (Å²) in [6.45, 7) is 4.86. The predicted octanol–water partition coefficient (Wildman–Crippen LogP) is 4.01. The van der Waals surface area contributed by atoms with E-state index < -0.39 is 0 Å². The Bertz CT molecular complexity index is 766. The minimum absolute atomic E-state index is 0.291. The number of rotatable bonds is 3. The lowest BCUT2D eigenvalue weighted by Crippen LogP contribution is -2.03. The standard InChI is InChI=1S/C16H15NOS2/c1-4-8-18-9-5-6-13-11-17(12(2)3)16(19)15-14(13)7-10-20-15/h1,7,10-12H,8-9H2,2-3H3. The lowest BCUT2D eigenvalue weighted by molar-refractivity contribution is 0.205. The molecule has 0 fully saturated rings. The highest BCUT2D eigenvalue weighted by Crippen LogP contribution is 2.27. The summed E-state index contributed by atoms with van der Waals surface area (Å²) in [5.41, 5.74) is 0.979. The molecule has 2 nitrogen and oxygen atoms in total. The van der Waals surface area contributed by atoms with Crippen molar-refractivity contribution < 1.29 is 4.74 Å². The molecule has 0 radical (unpaired) electrons. The highest BCUT2D eigenvalue weighted by molar-refractivity contribution is 7.71. The van der Waals surface area contributed by atoms with E-state index in [-0.39, 0.29) is 0 Å². The maximum atomic E-state index is 5.53. The van der Waals surface area contributed by atoms with E-state index in [1.165, 1.54) is 0 Å². The van der Waals surface area contributed by atoms with Crippen LogP contribution in [-0.4, -0.2) is 17.8 Å². The molecule has 2 rings (SSSR count). The number of nitrogens with zero attached hydrogens (tertiary/aromatic N) is 1. The van der Waals surface area contributed by atoms with Gasteiger partial charge >= 0.3 is 0 Å². The molecule has 0 aliphatic rings. The van der Waals surface area contributed by atoms with E-state index in [9.17, 15) is 0 Å². The van der Waals surface area contributed by atoms with Crippen molar-refractivity contribution in [3.8, 4) is 24.2 Å². The number of ether oxygens (including phenoxy) is 1. The van der Waals surface area contributed by atoms with Crippen LogP contribution in [0.1, 0.15) is 25.5 Å². The van der Waals surface area contributed by atoms with Gasteiger partial charge in [-0.25, -0.2) is 0 Å². The van der Waals surface area contributed by atoms with Crippen molar-refractivity contribution in [1.82, 2.24) is 4.57 Å². The summed E-state index contributed by atoms with van der Waals surface area (Å²) in [5, 5.41) is 3.16. The third-order valence-electron chi connectivity index (χ3n) is 2.79. The molecule has 4 heteroatoms. The molecule has 0 amide bonds. The Morgan fingerprint density at radius 3 is 2.95 bits per heavy atom. The van der Waals surface area contributed by atoms with Gasteiger partial charge in [0.1, 0.15) is 17.9 Å². The van der Waals surface area contributed by atoms with E-state index in [1.54, 1.807) is 11.3 Å². The van der Waals surface area contributed by atoms with Crippen LogP contribution in [0.3, 0.4) is 0 Å². The number of terminal acetylenes is 1. The number of hydrogen-bond donors (Lipinski definition) is 0. The van der Waals surface area contributed by atoms with Gasteiger partial charge in [-0.2, -0.15) is 0 Å². The van der Waals surface area contributed by atoms with Crippen LogP contribution in [0.25, 0.3) is 10.1 Å². The highest BCUT2D eigenvalue weighted by Gasteiger charge is 2.08. The summed E-state index contributed by atoms with van der Waals surface area (Å²) in [4.78, 5) is 0. The van der Waals surface area contributed by atoms with Crippen molar-refractivity contribution in [2.24, 2.45) is 0 Å². The van der Waals surface area contributed by atoms with Gasteiger partial charge in [0.15, 0.2) is 0 Å². The topological polar surface area (TPSA) is 14.2 Å². The van der Waals surface area contributed by atoms with Crippen LogP contribution in [0.5, 0.6) is 0 Å². The zero-order valence-electron chi connectivity index (χ0n) is 11.5. The van der Waals surface area contributed by atoms with Crippen molar-refractivity contribution in [2.45, 2.75) is 19.9 Å². The van der Waals surface area contributed by atoms with Crippen molar-refractivity contribution in [1.29, 1.82) is 0 Å². The molecule has 0 N–H and O–H groups in total. The normalized spacial score (nSPS) is 10.3. The lowest BCUT2D eigenvalue weighted by Gasteiger charge is -2.12. The van der Waals surface area contributed by atoms with Gasteiger partial charge in [-0.3, -0.25) is 0 Å². The third-order valence-corrected chi connectivity index (χ3v) is 4.26. The van der Waals surface area contributed by atoms with Gasteiger partial charge in [-0.15, -0.1) is 17.8 Å². The highest BCUT2D eigenvalue weighted by atomic mass is 32.1. The second kappa shape index (κ2) is 6.72. The van der Waals surface area contributed by atoms with Crippen LogP contribution in [0, 0.1) is 28.8 Å². The molecule has 0 unspecified atom stereocenters. The number of hydrogen-bond acceptors (Lipinski definition) is 3. The summed E-state index contributed by atoms with van der Waals surface area (Å²) in [7, 11) is 0. The van der Waals surface area contributed by atoms with Gasteiger partial charge in [0.05, 0.1) is 4.70 Å². The molecule has 2 aromatic rings. The molecule has 0 saturated heterocycles. The minimum atomic E-state index is 0.291. The monoisotopic (exact) mass is 301 g/mol. The van der Waals surface area contributed by atoms with E-state index in [2.05, 4.69) is 42.2 Å². The average Bonchev–Trinajstić information content (AvgIpc) is 2.90. The van der Waals surface area contributed by atoms with Crippen LogP contribution in [0.4, 0.5) is 0 Å². The van der Waals surface area contributed by atoms with E-state index in [0.29, 0.717) is 19.3 Å². The van der Waals surface area contributed by atoms with Crippen LogP contribution < -0.4 is 0 Å². The fraction of sp³-hybridized carbons (Fsp3) is 0.312. The minimum Gasteiger partial charge on any atom is -0.356 e. The Morgan fingerprint density at radius 2 is 2.25 bits per heavy atom. The number of fused-ring (bicyclic) bond motifs is 1. The predicted molar refractivity (Wildman–Crippen MR) is 87.6 cm³/mol. The molecule has 2 heterocycles. The summed E-state index contributed by atoms with van der Waals surface area (Å²) >= 11 is 7.19. The molecular formula is C16H15NOS2. The van der Waals surface area contributed by atoms with Crippen LogP contribution >= 0.6 is 23.6 Å². The van der Waals surface area contributed by atoms with Crippen LogP contribution in [0.2, 0.25) is 0 Å². The SMILES string of the molecule is C#CCOCC#Cc1cn(C(C)C)c(=S)c2sccc12. The van der Waals surface area contributed by atoms with Crippen LogP contribution in [-0.2, 0) is 4.74 Å². The second-order valence-corrected chi connectivity index (χ2v) is 5.81. The van der Waals surface area contributed by atoms with E-state index in [4.69, 9.17) is 23.4 Å². The Morgan fingerprint density at radius 1 is 1.45 bits per heavy atom. The van der Waals surface area contributed by atoms with Crippen molar-refractivity contribution in [2.75, 3.05) is 13.2 Å². The molecule has 0 spiro atoms. The summed E-state index contributed by atoms with van der Waals surface area (Å²) in [6, 6.07) is 2.37. The summed E-state index contributed by atoms with van der Waals surface area (Å²) < 4.78 is 9.24. The van der Waals surface area contributed by atoms with Gasteiger partial charge in [0.25, 0.3) is 0 Å². The summed E-state index contributed by atoms with van der Waals surface area (Å²) in [6.07, 6.45) is 7.14. The Balaban J connectivity index is 2.42. The molecule has 102 valence electrons. The molecule has 0 saturated carbocycles. The molecular weight excluding hydrogens is 286 g/mol. The zero-order chi connectivity index (χ0) is 14.5. The Hall–Kier alpha value is -1.59. The maximum absolute atomic E-state index is 5.53. The van der Waals surface area contributed by atoms with Gasteiger partial charge in [0.2, 0.25) is 0 Å². The molecule has 20 heavy (non-hydrogen) atoms. The Kier molecular flexibility index (Phi) is 4.98. The van der Waals surface area contributed by atoms with Crippen molar-refractivity contribution in [3.05, 3.63) is 27.8 Å². The maximum Gasteiger partial charge on any atom is 0.124 e. The molecule has 0 aliphatic heterocycles. The van der Waals surface area contributed by atoms with Gasteiger partial charge in [0, 0.05) is 23.2 Å². The average molecular weight is 301 g/mol. The first-order valence-corrected chi connectivity index (χ1v) is 7.56. The van der Waals surface area contributed by atoms with Gasteiger partial charge < -0.3 is 9.30 Å². The van der Waals surface area contributed by atoms with E-state index in [1.807, 2.05) is 11.6 Å². The van der Waals surface area contributed by atoms with Crippen molar-refractivity contribution in [3.63, 3.8) is 0 Å². The summed E-state index contributed by atoms with van der Waals surface area (Å²) in [5.74, 6) is 8.56. The molecule has 0 aliphatic carbocycles. The molecule has 0 atom stereocenters. The first-order valence-electron chi connectivity index (χ1n) is 6.27. The number of pyridine rings is 1.